The number of amides is 1. The first-order valence-corrected chi connectivity index (χ1v) is 13.1. The number of hydrazine groups is 1. The van der Waals surface area contributed by atoms with Gasteiger partial charge in [-0.1, -0.05) is 47.6 Å². The van der Waals surface area contributed by atoms with Crippen LogP contribution in [0.5, 0.6) is 5.75 Å². The van der Waals surface area contributed by atoms with Gasteiger partial charge in [0, 0.05) is 37.4 Å². The van der Waals surface area contributed by atoms with E-state index in [4.69, 9.17) is 16.6 Å². The Bertz CT molecular complexity index is 1430. The van der Waals surface area contributed by atoms with Crippen LogP contribution in [0.25, 0.3) is 5.76 Å². The molecule has 0 radical (unpaired) electrons. The third kappa shape index (κ3) is 5.77. The number of rotatable bonds is 6. The van der Waals surface area contributed by atoms with Crippen LogP contribution in [0.2, 0.25) is 0 Å². The van der Waals surface area contributed by atoms with Crippen molar-refractivity contribution < 1.29 is 32.3 Å². The summed E-state index contributed by atoms with van der Waals surface area (Å²) in [6.07, 6.45) is -3.42. The predicted molar refractivity (Wildman–Crippen MR) is 146 cm³/mol. The molecule has 0 aromatic heterocycles. The summed E-state index contributed by atoms with van der Waals surface area (Å²) in [6, 6.07) is 20.1. The number of halogens is 4. The third-order valence-corrected chi connectivity index (χ3v) is 7.54. The molecule has 2 N–H and O–H groups in total. The maximum atomic E-state index is 14.0. The Kier molecular flexibility index (Phi) is 7.51. The fourth-order valence-electron chi connectivity index (χ4n) is 4.94. The van der Waals surface area contributed by atoms with Gasteiger partial charge in [-0.2, -0.15) is 13.2 Å². The Balaban J connectivity index is 1.40. The van der Waals surface area contributed by atoms with E-state index in [2.05, 4.69) is 10.3 Å². The zero-order valence-electron chi connectivity index (χ0n) is 21.9. The number of phenolic OH excluding ortho intramolecular Hbond substituents is 1. The van der Waals surface area contributed by atoms with Crippen LogP contribution < -0.4 is 10.3 Å². The molecule has 2 unspecified atom stereocenters. The molecule has 2 aliphatic heterocycles. The molecular weight excluding hydrogens is 563 g/mol. The minimum Gasteiger partial charge on any atom is -0.542 e. The van der Waals surface area contributed by atoms with Crippen molar-refractivity contribution in [2.24, 2.45) is 0 Å². The van der Waals surface area contributed by atoms with E-state index in [0.29, 0.717) is 36.9 Å². The predicted octanol–water partition coefficient (Wildman–Crippen LogP) is 5.11. The molecule has 9 nitrogen and oxygen atoms in total. The number of nitrogens with zero attached hydrogens (tertiary/aromatic N) is 4. The quantitative estimate of drug-likeness (QED) is 0.305. The number of carbonyl (C=O) groups is 1. The van der Waals surface area contributed by atoms with Gasteiger partial charge in [0.1, 0.15) is 17.5 Å². The molecule has 0 saturated carbocycles. The molecule has 3 aromatic carbocycles. The molecule has 0 aliphatic carbocycles. The van der Waals surface area contributed by atoms with E-state index in [0.717, 1.165) is 36.2 Å². The average molecular weight is 590 g/mol. The zero-order chi connectivity index (χ0) is 29.4. The van der Waals surface area contributed by atoms with Gasteiger partial charge >= 0.3 is 6.18 Å². The van der Waals surface area contributed by atoms with Gasteiger partial charge in [-0.25, -0.2) is 5.43 Å². The Labute approximate surface area is 239 Å². The summed E-state index contributed by atoms with van der Waals surface area (Å²) in [6.45, 7) is 3.88. The molecule has 1 saturated heterocycles. The molecule has 216 valence electrons. The lowest BCUT2D eigenvalue weighted by Gasteiger charge is -2.46. The van der Waals surface area contributed by atoms with Crippen LogP contribution >= 0.6 is 11.8 Å². The van der Waals surface area contributed by atoms with Gasteiger partial charge in [0.05, 0.1) is 10.0 Å². The fourth-order valence-corrected chi connectivity index (χ4v) is 5.10. The summed E-state index contributed by atoms with van der Waals surface area (Å²) in [7, 11) is 0. The summed E-state index contributed by atoms with van der Waals surface area (Å²) in [5, 5.41) is 23.9. The highest BCUT2D eigenvalue weighted by Gasteiger charge is 2.47. The maximum Gasteiger partial charge on any atom is 0.416 e. The number of benzene rings is 3. The molecular formula is C28H27ClF3N5O4. The van der Waals surface area contributed by atoms with Gasteiger partial charge in [-0.15, -0.1) is 0 Å². The van der Waals surface area contributed by atoms with E-state index in [9.17, 15) is 28.3 Å². The summed E-state index contributed by atoms with van der Waals surface area (Å²) >= 11 is 6.00. The second-order valence-electron chi connectivity index (χ2n) is 9.83. The number of phenols is 1. The molecule has 2 aliphatic rings. The number of para-hydroxylation sites is 1. The van der Waals surface area contributed by atoms with E-state index in [-0.39, 0.29) is 17.1 Å². The highest BCUT2D eigenvalue weighted by molar-refractivity contribution is 6.06. The summed E-state index contributed by atoms with van der Waals surface area (Å²) in [5.74, 6) is -0.812. The number of aromatic hydroxyl groups is 1. The van der Waals surface area contributed by atoms with Gasteiger partial charge in [-0.05, 0) is 48.9 Å². The normalized spacial score (nSPS) is 21.2. The lowest BCUT2D eigenvalue weighted by molar-refractivity contribution is -1.04. The lowest BCUT2D eigenvalue weighted by Crippen LogP contribution is -2.63. The van der Waals surface area contributed by atoms with E-state index in [1.807, 2.05) is 35.2 Å². The minimum atomic E-state index is -4.53. The van der Waals surface area contributed by atoms with Crippen LogP contribution in [0.15, 0.2) is 85.1 Å². The molecule has 1 amide bonds. The Morgan fingerprint density at radius 2 is 1.63 bits per heavy atom. The second-order valence-corrected chi connectivity index (χ2v) is 10.3. The summed E-state index contributed by atoms with van der Waals surface area (Å²) in [5.41, 5.74) is 1.97. The number of piperazine rings is 1. The van der Waals surface area contributed by atoms with Crippen molar-refractivity contribution in [2.45, 2.75) is 18.6 Å². The Morgan fingerprint density at radius 3 is 2.24 bits per heavy atom. The van der Waals surface area contributed by atoms with Crippen molar-refractivity contribution in [3.63, 3.8) is 0 Å². The number of hydrogen-bond acceptors (Lipinski definition) is 7. The summed E-state index contributed by atoms with van der Waals surface area (Å²) in [4.78, 5) is 23.3. The van der Waals surface area contributed by atoms with Crippen molar-refractivity contribution >= 4 is 29.1 Å². The van der Waals surface area contributed by atoms with Crippen LogP contribution in [-0.4, -0.2) is 51.6 Å². The van der Waals surface area contributed by atoms with E-state index >= 15 is 0 Å². The smallest absolute Gasteiger partial charge is 0.416 e. The lowest BCUT2D eigenvalue weighted by atomic mass is 9.88. The molecule has 0 bridgehead atoms. The highest BCUT2D eigenvalue weighted by atomic mass is 35.5. The van der Waals surface area contributed by atoms with Crippen molar-refractivity contribution in [1.29, 1.82) is 0 Å². The van der Waals surface area contributed by atoms with Crippen LogP contribution in [0.4, 0.5) is 18.9 Å². The average Bonchev–Trinajstić information content (AvgIpc) is 3.26. The molecule has 2 heterocycles. The molecule has 13 heteroatoms. The van der Waals surface area contributed by atoms with Gasteiger partial charge in [0.25, 0.3) is 17.7 Å². The number of hydrogen-bond donors (Lipinski definition) is 2. The highest BCUT2D eigenvalue weighted by Crippen LogP contribution is 2.37. The summed E-state index contributed by atoms with van der Waals surface area (Å²) < 4.78 is 36.9. The molecule has 2 atom stereocenters. The van der Waals surface area contributed by atoms with Crippen LogP contribution in [-0.2, 0) is 21.3 Å². The van der Waals surface area contributed by atoms with Gasteiger partial charge < -0.3 is 15.2 Å². The molecule has 5 rings (SSSR count). The monoisotopic (exact) mass is 589 g/mol. The molecule has 3 aromatic rings. The van der Waals surface area contributed by atoms with Crippen molar-refractivity contribution in [3.8, 4) is 5.75 Å². The van der Waals surface area contributed by atoms with Crippen LogP contribution in [0.1, 0.15) is 23.6 Å². The SMILES string of the molecule is CC(C(=O)NN1C=C(c2ccc(C(F)(F)F)cc2)O[N+]1([O-])Cl)(c1cccc(O)c1)N1CCN(c2ccccc2)CC1. The van der Waals surface area contributed by atoms with E-state index < -0.39 is 27.6 Å². The molecule has 41 heavy (non-hydrogen) atoms. The van der Waals surface area contributed by atoms with Crippen molar-refractivity contribution in [3.05, 3.63) is 107 Å². The molecule has 0 spiro atoms. The Hall–Kier alpha value is -3.97. The fraction of sp³-hybridized carbons (Fsp3) is 0.250. The van der Waals surface area contributed by atoms with Crippen LogP contribution in [0, 0.1) is 5.21 Å². The Morgan fingerprint density at radius 1 is 0.976 bits per heavy atom. The standard InChI is InChI=1S/C28H27ClF3N5O4/c1-27(22-6-5-9-24(38)18-22,35-16-14-34(15-17-35)23-7-3-2-4-8-23)26(39)33-36-19-25(41-37(36,29)40)20-10-12-21(13-11-20)28(30,31)32/h2-13,18-19,38H,14-17H2,1H3,(H,33,39). The second kappa shape index (κ2) is 10.8. The van der Waals surface area contributed by atoms with E-state index in [1.165, 1.54) is 12.1 Å². The molecule has 1 fully saturated rings. The zero-order valence-corrected chi connectivity index (χ0v) is 22.6. The number of quaternary nitrogens is 1. The third-order valence-electron chi connectivity index (χ3n) is 7.30. The topological polar surface area (TPSA) is 91.3 Å². The first-order chi connectivity index (χ1) is 19.4. The first kappa shape index (κ1) is 28.6. The number of anilines is 1. The minimum absolute atomic E-state index is 0.0373. The van der Waals surface area contributed by atoms with Crippen molar-refractivity contribution in [2.75, 3.05) is 31.1 Å². The van der Waals surface area contributed by atoms with Gasteiger partial charge in [0.15, 0.2) is 0 Å². The maximum absolute atomic E-state index is 14.0. The van der Waals surface area contributed by atoms with E-state index in [1.54, 1.807) is 19.1 Å². The van der Waals surface area contributed by atoms with Gasteiger partial charge in [0.2, 0.25) is 5.76 Å². The van der Waals surface area contributed by atoms with Gasteiger partial charge in [-0.3, -0.25) is 14.5 Å². The first-order valence-electron chi connectivity index (χ1n) is 12.7. The largest absolute Gasteiger partial charge is 0.542 e. The van der Waals surface area contributed by atoms with Crippen LogP contribution in [0.3, 0.4) is 0 Å². The number of alkyl halides is 3. The number of carbonyl (C=O) groups excluding carboxylic acids is 1. The number of nitrogens with one attached hydrogen (secondary N) is 1. The van der Waals surface area contributed by atoms with Crippen molar-refractivity contribution in [1.82, 2.24) is 15.4 Å².